The van der Waals surface area contributed by atoms with Crippen LogP contribution in [-0.4, -0.2) is 32.3 Å². The van der Waals surface area contributed by atoms with Gasteiger partial charge in [0.1, 0.15) is 5.75 Å². The van der Waals surface area contributed by atoms with Crippen molar-refractivity contribution in [2.75, 3.05) is 29.9 Å². The largest absolute Gasteiger partial charge is 0.493 e. The monoisotopic (exact) mass is 446 g/mol. The maximum Gasteiger partial charge on any atom is 0.307 e. The molecule has 3 aromatic carbocycles. The number of anilines is 2. The molecule has 1 aliphatic rings. The normalized spacial score (nSPS) is 13.0. The van der Waals surface area contributed by atoms with Gasteiger partial charge < -0.3 is 19.1 Å². The van der Waals surface area contributed by atoms with Gasteiger partial charge >= 0.3 is 5.97 Å². The summed E-state index contributed by atoms with van der Waals surface area (Å²) in [4.78, 5) is 15.1. The van der Waals surface area contributed by atoms with Crippen LogP contribution in [0.15, 0.2) is 59.5 Å². The molecule has 3 aromatic rings. The number of fused-ring (bicyclic) bond motifs is 2. The standard InChI is InChI=1S/C26H26N2O3S/c1-4-14-28(18(2)16-26(29)30-3)24-11-10-23(21-7-5-6-8-22(21)24)27-32-20-9-12-25-19(17-20)13-15-31-25/h1,5-12,17-18,27H,13-16H2,2-3H3/t18-/m0/s1. The van der Waals surface area contributed by atoms with Crippen molar-refractivity contribution >= 4 is 40.1 Å². The summed E-state index contributed by atoms with van der Waals surface area (Å²) in [6.07, 6.45) is 6.88. The maximum absolute atomic E-state index is 11.8. The molecule has 0 amide bonds. The number of esters is 1. The number of hydrogen-bond donors (Lipinski definition) is 1. The third-order valence-electron chi connectivity index (χ3n) is 5.63. The highest BCUT2D eigenvalue weighted by Crippen LogP contribution is 2.36. The number of carbonyl (C=O) groups excluding carboxylic acids is 1. The lowest BCUT2D eigenvalue weighted by molar-refractivity contribution is -0.140. The van der Waals surface area contributed by atoms with Gasteiger partial charge in [0, 0.05) is 33.8 Å². The zero-order valence-electron chi connectivity index (χ0n) is 18.3. The molecule has 0 bridgehead atoms. The highest BCUT2D eigenvalue weighted by molar-refractivity contribution is 8.00. The Hall–Kier alpha value is -3.30. The van der Waals surface area contributed by atoms with Crippen molar-refractivity contribution in [2.45, 2.75) is 30.7 Å². The third-order valence-corrected chi connectivity index (χ3v) is 6.45. The number of terminal acetylenes is 1. The molecule has 4 rings (SSSR count). The summed E-state index contributed by atoms with van der Waals surface area (Å²) < 4.78 is 14.0. The molecule has 0 unspecified atom stereocenters. The first-order valence-electron chi connectivity index (χ1n) is 10.6. The smallest absolute Gasteiger partial charge is 0.307 e. The first-order chi connectivity index (χ1) is 15.6. The van der Waals surface area contributed by atoms with Gasteiger partial charge in [-0.15, -0.1) is 6.42 Å². The van der Waals surface area contributed by atoms with Crippen LogP contribution in [0.25, 0.3) is 10.8 Å². The number of benzene rings is 3. The van der Waals surface area contributed by atoms with Crippen LogP contribution >= 0.6 is 11.9 Å². The molecule has 0 aromatic heterocycles. The molecule has 5 nitrogen and oxygen atoms in total. The van der Waals surface area contributed by atoms with Crippen molar-refractivity contribution in [3.63, 3.8) is 0 Å². The Balaban J connectivity index is 1.61. The molecule has 0 saturated carbocycles. The number of nitrogens with one attached hydrogen (secondary N) is 1. The van der Waals surface area contributed by atoms with Crippen LogP contribution in [-0.2, 0) is 16.0 Å². The fourth-order valence-electron chi connectivity index (χ4n) is 3.97. The summed E-state index contributed by atoms with van der Waals surface area (Å²) in [5.41, 5.74) is 3.27. The lowest BCUT2D eigenvalue weighted by Crippen LogP contribution is -2.35. The molecule has 0 fully saturated rings. The Bertz CT molecular complexity index is 1170. The zero-order valence-corrected chi connectivity index (χ0v) is 19.1. The van der Waals surface area contributed by atoms with Crippen molar-refractivity contribution in [1.29, 1.82) is 0 Å². The van der Waals surface area contributed by atoms with Crippen LogP contribution in [0.3, 0.4) is 0 Å². The number of carbonyl (C=O) groups is 1. The number of rotatable bonds is 8. The van der Waals surface area contributed by atoms with E-state index in [0.29, 0.717) is 6.54 Å². The van der Waals surface area contributed by atoms with Crippen LogP contribution in [0, 0.1) is 12.3 Å². The first kappa shape index (κ1) is 21.9. The zero-order chi connectivity index (χ0) is 22.5. The molecule has 0 saturated heterocycles. The molecule has 0 aliphatic carbocycles. The maximum atomic E-state index is 11.8. The van der Waals surface area contributed by atoms with Crippen molar-refractivity contribution < 1.29 is 14.3 Å². The van der Waals surface area contributed by atoms with Gasteiger partial charge in [-0.3, -0.25) is 4.79 Å². The van der Waals surface area contributed by atoms with Gasteiger partial charge in [-0.1, -0.05) is 30.2 Å². The van der Waals surface area contributed by atoms with E-state index < -0.39 is 0 Å². The molecule has 0 radical (unpaired) electrons. The highest BCUT2D eigenvalue weighted by Gasteiger charge is 2.20. The average molecular weight is 447 g/mol. The highest BCUT2D eigenvalue weighted by atomic mass is 32.2. The number of nitrogens with zero attached hydrogens (tertiary/aromatic N) is 1. The van der Waals surface area contributed by atoms with Crippen molar-refractivity contribution in [3.8, 4) is 18.1 Å². The molecule has 6 heteroatoms. The van der Waals surface area contributed by atoms with E-state index in [9.17, 15) is 4.79 Å². The summed E-state index contributed by atoms with van der Waals surface area (Å²) in [7, 11) is 1.40. The Labute approximate surface area is 193 Å². The van der Waals surface area contributed by atoms with Crippen LogP contribution in [0.2, 0.25) is 0 Å². The minimum atomic E-state index is -0.252. The van der Waals surface area contributed by atoms with Crippen LogP contribution in [0.4, 0.5) is 11.4 Å². The van der Waals surface area contributed by atoms with Crippen LogP contribution < -0.4 is 14.4 Å². The molecular formula is C26H26N2O3S. The minimum absolute atomic E-state index is 0.0938. The fraction of sp³-hybridized carbons (Fsp3) is 0.269. The van der Waals surface area contributed by atoms with Crippen molar-refractivity contribution in [1.82, 2.24) is 0 Å². The van der Waals surface area contributed by atoms with E-state index in [1.165, 1.54) is 12.7 Å². The van der Waals surface area contributed by atoms with Gasteiger partial charge in [0.15, 0.2) is 0 Å². The van der Waals surface area contributed by atoms with E-state index in [4.69, 9.17) is 15.9 Å². The van der Waals surface area contributed by atoms with E-state index in [2.05, 4.69) is 51.9 Å². The van der Waals surface area contributed by atoms with E-state index >= 15 is 0 Å². The Morgan fingerprint density at radius 3 is 2.84 bits per heavy atom. The van der Waals surface area contributed by atoms with E-state index in [1.54, 1.807) is 11.9 Å². The summed E-state index contributed by atoms with van der Waals surface area (Å²) in [5, 5.41) is 2.17. The SMILES string of the molecule is C#CCN(c1ccc(NSc2ccc3c(c2)CCO3)c2ccccc12)[C@@H](C)CC(=O)OC. The Kier molecular flexibility index (Phi) is 6.77. The summed E-state index contributed by atoms with van der Waals surface area (Å²) in [5.74, 6) is 3.46. The van der Waals surface area contributed by atoms with Gasteiger partial charge in [-0.05, 0) is 54.8 Å². The lowest BCUT2D eigenvalue weighted by Gasteiger charge is -2.30. The van der Waals surface area contributed by atoms with Crippen molar-refractivity contribution in [2.24, 2.45) is 0 Å². The van der Waals surface area contributed by atoms with Gasteiger partial charge in [-0.25, -0.2) is 0 Å². The van der Waals surface area contributed by atoms with Gasteiger partial charge in [0.2, 0.25) is 0 Å². The molecule has 32 heavy (non-hydrogen) atoms. The van der Waals surface area contributed by atoms with E-state index in [1.807, 2.05) is 25.1 Å². The third kappa shape index (κ3) is 4.63. The number of ether oxygens (including phenoxy) is 2. The molecule has 164 valence electrons. The van der Waals surface area contributed by atoms with E-state index in [-0.39, 0.29) is 18.4 Å². The summed E-state index contributed by atoms with van der Waals surface area (Å²) >= 11 is 1.58. The van der Waals surface area contributed by atoms with Gasteiger partial charge in [0.25, 0.3) is 0 Å². The second-order valence-electron chi connectivity index (χ2n) is 7.71. The van der Waals surface area contributed by atoms with Crippen LogP contribution in [0.1, 0.15) is 18.9 Å². The molecule has 1 aliphatic heterocycles. The van der Waals surface area contributed by atoms with Crippen molar-refractivity contribution in [3.05, 3.63) is 60.2 Å². The minimum Gasteiger partial charge on any atom is -0.493 e. The predicted octanol–water partition coefficient (Wildman–Crippen LogP) is 5.29. The molecule has 1 atom stereocenters. The topological polar surface area (TPSA) is 50.8 Å². The second-order valence-corrected chi connectivity index (χ2v) is 8.59. The second kappa shape index (κ2) is 9.88. The quantitative estimate of drug-likeness (QED) is 0.288. The van der Waals surface area contributed by atoms with Gasteiger partial charge in [0.05, 0.1) is 32.4 Å². The molecular weight excluding hydrogens is 420 g/mol. The Morgan fingerprint density at radius 1 is 1.25 bits per heavy atom. The molecule has 1 heterocycles. The fourth-order valence-corrected chi connectivity index (χ4v) is 4.72. The molecule has 1 N–H and O–H groups in total. The summed E-state index contributed by atoms with van der Waals surface area (Å²) in [6.45, 7) is 3.15. The van der Waals surface area contributed by atoms with Crippen LogP contribution in [0.5, 0.6) is 5.75 Å². The predicted molar refractivity (Wildman–Crippen MR) is 131 cm³/mol. The average Bonchev–Trinajstić information content (AvgIpc) is 3.29. The summed E-state index contributed by atoms with van der Waals surface area (Å²) in [6, 6.07) is 18.5. The number of methoxy groups -OCH3 is 1. The number of hydrogen-bond acceptors (Lipinski definition) is 6. The molecule has 0 spiro atoms. The Morgan fingerprint density at radius 2 is 2.06 bits per heavy atom. The lowest BCUT2D eigenvalue weighted by atomic mass is 10.0. The first-order valence-corrected chi connectivity index (χ1v) is 11.4. The van der Waals surface area contributed by atoms with E-state index in [0.717, 1.165) is 45.8 Å². The van der Waals surface area contributed by atoms with Gasteiger partial charge in [-0.2, -0.15) is 0 Å².